The van der Waals surface area contributed by atoms with Gasteiger partial charge in [-0.2, -0.15) is 0 Å². The van der Waals surface area contributed by atoms with Gasteiger partial charge in [0.25, 0.3) is 0 Å². The average Bonchev–Trinajstić information content (AvgIpc) is 2.76. The molecule has 0 N–H and O–H groups in total. The van der Waals surface area contributed by atoms with Gasteiger partial charge in [0.05, 0.1) is 0 Å². The molecule has 2 saturated heterocycles. The number of piperidine rings is 1. The first kappa shape index (κ1) is 12.0. The van der Waals surface area contributed by atoms with Crippen LogP contribution in [0.2, 0.25) is 0 Å². The van der Waals surface area contributed by atoms with Crippen LogP contribution in [0.25, 0.3) is 0 Å². The van der Waals surface area contributed by atoms with E-state index in [2.05, 4.69) is 16.7 Å². The van der Waals surface area contributed by atoms with Crippen LogP contribution in [-0.2, 0) is 0 Å². The zero-order chi connectivity index (χ0) is 11.7. The fraction of sp³-hybridized carbons (Fsp3) is 1.00. The van der Waals surface area contributed by atoms with Gasteiger partial charge in [-0.25, -0.2) is 0 Å². The quantitative estimate of drug-likeness (QED) is 0.727. The van der Waals surface area contributed by atoms with Gasteiger partial charge in [0.15, 0.2) is 0 Å². The van der Waals surface area contributed by atoms with E-state index in [1.165, 1.54) is 77.7 Å². The number of nitrogens with zero attached hydrogens (tertiary/aromatic N) is 2. The number of rotatable bonds is 2. The molecule has 1 aliphatic carbocycles. The van der Waals surface area contributed by atoms with Crippen molar-refractivity contribution in [2.75, 3.05) is 32.7 Å². The minimum absolute atomic E-state index is 0.650. The van der Waals surface area contributed by atoms with E-state index in [0.717, 1.165) is 6.04 Å². The maximum absolute atomic E-state index is 2.78. The van der Waals surface area contributed by atoms with E-state index < -0.39 is 0 Å². The van der Waals surface area contributed by atoms with Crippen molar-refractivity contribution < 1.29 is 0 Å². The van der Waals surface area contributed by atoms with Crippen LogP contribution in [0.15, 0.2) is 0 Å². The van der Waals surface area contributed by atoms with E-state index in [-0.39, 0.29) is 0 Å². The molecular weight excluding hydrogens is 208 g/mol. The van der Waals surface area contributed by atoms with E-state index in [1.807, 2.05) is 0 Å². The van der Waals surface area contributed by atoms with E-state index in [9.17, 15) is 0 Å². The van der Waals surface area contributed by atoms with Crippen LogP contribution in [-0.4, -0.2) is 48.6 Å². The molecular formula is C15H28N2. The molecule has 1 atom stereocenters. The number of piperazine rings is 1. The van der Waals surface area contributed by atoms with Crippen molar-refractivity contribution in [1.29, 1.82) is 0 Å². The molecule has 3 rings (SSSR count). The van der Waals surface area contributed by atoms with Crippen molar-refractivity contribution in [3.8, 4) is 0 Å². The monoisotopic (exact) mass is 236 g/mol. The Kier molecular flexibility index (Phi) is 3.45. The molecule has 3 fully saturated rings. The van der Waals surface area contributed by atoms with Crippen LogP contribution in [0.4, 0.5) is 0 Å². The van der Waals surface area contributed by atoms with Crippen molar-refractivity contribution in [3.05, 3.63) is 0 Å². The Hall–Kier alpha value is -0.0800. The minimum Gasteiger partial charge on any atom is -0.300 e. The fourth-order valence-electron chi connectivity index (χ4n) is 4.29. The summed E-state index contributed by atoms with van der Waals surface area (Å²) in [6, 6.07) is 0.891. The topological polar surface area (TPSA) is 6.48 Å². The van der Waals surface area contributed by atoms with Gasteiger partial charge >= 0.3 is 0 Å². The summed E-state index contributed by atoms with van der Waals surface area (Å²) in [5.74, 6) is 0. The first-order valence-electron chi connectivity index (χ1n) is 7.72. The highest BCUT2D eigenvalue weighted by atomic mass is 15.3. The fourth-order valence-corrected chi connectivity index (χ4v) is 4.29. The number of hydrogen-bond donors (Lipinski definition) is 0. The van der Waals surface area contributed by atoms with Gasteiger partial charge < -0.3 is 0 Å². The first-order valence-corrected chi connectivity index (χ1v) is 7.72. The van der Waals surface area contributed by atoms with Crippen molar-refractivity contribution in [2.24, 2.45) is 5.41 Å². The molecule has 0 aromatic carbocycles. The van der Waals surface area contributed by atoms with Crippen LogP contribution in [0.5, 0.6) is 0 Å². The van der Waals surface area contributed by atoms with Crippen LogP contribution in [0, 0.1) is 5.41 Å². The SMILES string of the molecule is CC1(CN2CCN3CCCCC3C2)CCCC1. The third-order valence-corrected chi connectivity index (χ3v) is 5.34. The molecule has 0 amide bonds. The largest absolute Gasteiger partial charge is 0.300 e. The van der Waals surface area contributed by atoms with Crippen LogP contribution in [0.1, 0.15) is 51.9 Å². The molecule has 1 unspecified atom stereocenters. The van der Waals surface area contributed by atoms with Crippen LogP contribution >= 0.6 is 0 Å². The Bertz CT molecular complexity index is 258. The summed E-state index contributed by atoms with van der Waals surface area (Å²) in [7, 11) is 0. The third-order valence-electron chi connectivity index (χ3n) is 5.34. The lowest BCUT2D eigenvalue weighted by atomic mass is 9.87. The van der Waals surface area contributed by atoms with Gasteiger partial charge in [-0.3, -0.25) is 9.80 Å². The van der Waals surface area contributed by atoms with Gasteiger partial charge in [0.2, 0.25) is 0 Å². The molecule has 2 aliphatic heterocycles. The Balaban J connectivity index is 1.55. The van der Waals surface area contributed by atoms with Gasteiger partial charge in [-0.1, -0.05) is 26.2 Å². The zero-order valence-corrected chi connectivity index (χ0v) is 11.5. The van der Waals surface area contributed by atoms with Gasteiger partial charge in [0, 0.05) is 32.2 Å². The third kappa shape index (κ3) is 2.68. The maximum Gasteiger partial charge on any atom is 0.0223 e. The Labute approximate surface area is 106 Å². The van der Waals surface area contributed by atoms with Gasteiger partial charge in [-0.15, -0.1) is 0 Å². The molecule has 2 heterocycles. The summed E-state index contributed by atoms with van der Waals surface area (Å²) < 4.78 is 0. The summed E-state index contributed by atoms with van der Waals surface area (Å²) >= 11 is 0. The molecule has 2 heteroatoms. The predicted molar refractivity (Wildman–Crippen MR) is 72.2 cm³/mol. The smallest absolute Gasteiger partial charge is 0.0223 e. The highest BCUT2D eigenvalue weighted by molar-refractivity contribution is 4.89. The molecule has 17 heavy (non-hydrogen) atoms. The molecule has 98 valence electrons. The summed E-state index contributed by atoms with van der Waals surface area (Å²) in [5, 5.41) is 0. The molecule has 0 bridgehead atoms. The van der Waals surface area contributed by atoms with E-state index in [1.54, 1.807) is 0 Å². The second-order valence-electron chi connectivity index (χ2n) is 6.94. The maximum atomic E-state index is 2.78. The highest BCUT2D eigenvalue weighted by Gasteiger charge is 2.34. The van der Waals surface area contributed by atoms with Gasteiger partial charge in [0.1, 0.15) is 0 Å². The second-order valence-corrected chi connectivity index (χ2v) is 6.94. The summed E-state index contributed by atoms with van der Waals surface area (Å²) in [6.07, 6.45) is 10.2. The minimum atomic E-state index is 0.650. The lowest BCUT2D eigenvalue weighted by Crippen LogP contribution is -2.56. The van der Waals surface area contributed by atoms with Crippen LogP contribution in [0.3, 0.4) is 0 Å². The lowest BCUT2D eigenvalue weighted by molar-refractivity contribution is 0.0297. The predicted octanol–water partition coefficient (Wildman–Crippen LogP) is 2.74. The Morgan fingerprint density at radius 2 is 1.82 bits per heavy atom. The summed E-state index contributed by atoms with van der Waals surface area (Å²) in [5.41, 5.74) is 0.650. The molecule has 0 aromatic heterocycles. The Morgan fingerprint density at radius 1 is 1.00 bits per heavy atom. The lowest BCUT2D eigenvalue weighted by Gasteiger charge is -2.46. The van der Waals surface area contributed by atoms with Crippen molar-refractivity contribution in [1.82, 2.24) is 9.80 Å². The standard InChI is InChI=1S/C15H28N2/c1-15(7-3-4-8-15)13-16-10-11-17-9-5-2-6-14(17)12-16/h14H,2-13H2,1H3. The summed E-state index contributed by atoms with van der Waals surface area (Å²) in [4.78, 5) is 5.52. The normalized spacial score (nSPS) is 34.8. The highest BCUT2D eigenvalue weighted by Crippen LogP contribution is 2.38. The molecule has 0 aromatic rings. The number of hydrogen-bond acceptors (Lipinski definition) is 2. The molecule has 2 nitrogen and oxygen atoms in total. The number of fused-ring (bicyclic) bond motifs is 1. The molecule has 3 aliphatic rings. The van der Waals surface area contributed by atoms with E-state index in [4.69, 9.17) is 0 Å². The van der Waals surface area contributed by atoms with Crippen molar-refractivity contribution >= 4 is 0 Å². The summed E-state index contributed by atoms with van der Waals surface area (Å²) in [6.45, 7) is 9.28. The van der Waals surface area contributed by atoms with Crippen LogP contribution < -0.4 is 0 Å². The Morgan fingerprint density at radius 3 is 2.65 bits per heavy atom. The second kappa shape index (κ2) is 4.89. The van der Waals surface area contributed by atoms with E-state index >= 15 is 0 Å². The van der Waals surface area contributed by atoms with Gasteiger partial charge in [-0.05, 0) is 37.6 Å². The average molecular weight is 236 g/mol. The van der Waals surface area contributed by atoms with Crippen molar-refractivity contribution in [2.45, 2.75) is 57.9 Å². The van der Waals surface area contributed by atoms with E-state index in [0.29, 0.717) is 5.41 Å². The zero-order valence-electron chi connectivity index (χ0n) is 11.5. The molecule has 1 saturated carbocycles. The van der Waals surface area contributed by atoms with Crippen molar-refractivity contribution in [3.63, 3.8) is 0 Å². The molecule has 0 spiro atoms. The molecule has 0 radical (unpaired) electrons. The first-order chi connectivity index (χ1) is 8.25.